The second-order valence-electron chi connectivity index (χ2n) is 12.4. The van der Waals surface area contributed by atoms with Gasteiger partial charge in [-0.3, -0.25) is 0 Å². The highest BCUT2D eigenvalue weighted by Gasteiger charge is 2.18. The molecule has 2 aromatic heterocycles. The van der Waals surface area contributed by atoms with Crippen molar-refractivity contribution in [1.82, 2.24) is 9.13 Å². The van der Waals surface area contributed by atoms with Gasteiger partial charge in [-0.15, -0.1) is 0 Å². The van der Waals surface area contributed by atoms with Gasteiger partial charge in [0.1, 0.15) is 0 Å². The summed E-state index contributed by atoms with van der Waals surface area (Å²) in [5.74, 6) is 0. The van der Waals surface area contributed by atoms with Crippen molar-refractivity contribution < 1.29 is 0 Å². The molecule has 0 saturated heterocycles. The van der Waals surface area contributed by atoms with E-state index in [0.717, 1.165) is 77.2 Å². The molecule has 2 heterocycles. The third kappa shape index (κ3) is 4.45. The van der Waals surface area contributed by atoms with Gasteiger partial charge in [0.2, 0.25) is 0 Å². The molecule has 0 radical (unpaired) electrons. The molecule has 0 aliphatic rings. The lowest BCUT2D eigenvalue weighted by Crippen LogP contribution is -1.99. The summed E-state index contributed by atoms with van der Waals surface area (Å²) in [5.41, 5.74) is 11.3. The van der Waals surface area contributed by atoms with E-state index in [0.29, 0.717) is 16.7 Å². The van der Waals surface area contributed by atoms with Gasteiger partial charge in [0.05, 0.1) is 62.7 Å². The molecule has 0 amide bonds. The molecule has 0 spiro atoms. The SMILES string of the molecule is N#Cc1cc(-c2cccc(-n3c4ccccc4c4cc(C#N)ccc43)c2)cc(-c2cc(C#N)ccc2-n2c3ccccc3c3ccccc32)c1. The lowest BCUT2D eigenvalue weighted by Gasteiger charge is -2.16. The van der Waals surface area contributed by atoms with Gasteiger partial charge in [-0.2, -0.15) is 15.8 Å². The van der Waals surface area contributed by atoms with Crippen LogP contribution in [0, 0.1) is 34.0 Å². The Morgan fingerprint density at radius 2 is 0.920 bits per heavy atom. The predicted octanol–water partition coefficient (Wildman–Crippen LogP) is 10.8. The van der Waals surface area contributed by atoms with E-state index in [1.54, 1.807) is 0 Å². The van der Waals surface area contributed by atoms with Crippen LogP contribution in [0.25, 0.3) is 77.2 Å². The van der Waals surface area contributed by atoms with Gasteiger partial charge < -0.3 is 9.13 Å². The molecule has 9 rings (SSSR count). The molecule has 5 nitrogen and oxygen atoms in total. The van der Waals surface area contributed by atoms with Crippen LogP contribution in [0.3, 0.4) is 0 Å². The molecule has 0 N–H and O–H groups in total. The quantitative estimate of drug-likeness (QED) is 0.193. The summed E-state index contributed by atoms with van der Waals surface area (Å²) in [6, 6.07) is 57.8. The highest BCUT2D eigenvalue weighted by molar-refractivity contribution is 6.11. The Balaban J connectivity index is 1.26. The highest BCUT2D eigenvalue weighted by atomic mass is 15.0. The Kier molecular flexibility index (Phi) is 6.56. The number of rotatable bonds is 4. The van der Waals surface area contributed by atoms with Crippen molar-refractivity contribution in [2.75, 3.05) is 0 Å². The smallest absolute Gasteiger partial charge is 0.0992 e. The van der Waals surface area contributed by atoms with Crippen LogP contribution in [0.2, 0.25) is 0 Å². The molecule has 0 bridgehead atoms. The monoisotopic (exact) mass is 635 g/mol. The topological polar surface area (TPSA) is 81.2 Å². The molecule has 0 atom stereocenters. The van der Waals surface area contributed by atoms with Crippen LogP contribution in [-0.4, -0.2) is 9.13 Å². The fourth-order valence-corrected chi connectivity index (χ4v) is 7.37. The maximum absolute atomic E-state index is 10.3. The lowest BCUT2D eigenvalue weighted by atomic mass is 9.94. The molecule has 0 saturated carbocycles. The number of para-hydroxylation sites is 3. The Morgan fingerprint density at radius 1 is 0.360 bits per heavy atom. The number of fused-ring (bicyclic) bond motifs is 6. The number of benzene rings is 7. The first kappa shape index (κ1) is 28.8. The Labute approximate surface area is 287 Å². The molecule has 5 heteroatoms. The summed E-state index contributed by atoms with van der Waals surface area (Å²) in [6.07, 6.45) is 0. The summed E-state index contributed by atoms with van der Waals surface area (Å²) in [7, 11) is 0. The van der Waals surface area contributed by atoms with Gasteiger partial charge in [0.25, 0.3) is 0 Å². The van der Waals surface area contributed by atoms with Crippen molar-refractivity contribution >= 4 is 43.6 Å². The molecule has 50 heavy (non-hydrogen) atoms. The summed E-state index contributed by atoms with van der Waals surface area (Å²) in [5, 5.41) is 34.2. The Bertz CT molecular complexity index is 2920. The van der Waals surface area contributed by atoms with E-state index >= 15 is 0 Å². The molecule has 0 aliphatic carbocycles. The number of hydrogen-bond acceptors (Lipinski definition) is 3. The minimum Gasteiger partial charge on any atom is -0.309 e. The van der Waals surface area contributed by atoms with E-state index in [1.165, 1.54) is 0 Å². The number of nitrogens with zero attached hydrogens (tertiary/aromatic N) is 5. The summed E-state index contributed by atoms with van der Waals surface area (Å²) < 4.78 is 4.47. The number of nitriles is 3. The summed E-state index contributed by atoms with van der Waals surface area (Å²) in [4.78, 5) is 0. The predicted molar refractivity (Wildman–Crippen MR) is 200 cm³/mol. The zero-order valence-corrected chi connectivity index (χ0v) is 26.7. The zero-order valence-electron chi connectivity index (χ0n) is 26.7. The van der Waals surface area contributed by atoms with Crippen LogP contribution in [-0.2, 0) is 0 Å². The fraction of sp³-hybridized carbons (Fsp3) is 0. The van der Waals surface area contributed by atoms with E-state index in [-0.39, 0.29) is 0 Å². The summed E-state index contributed by atoms with van der Waals surface area (Å²) >= 11 is 0. The molecule has 0 fully saturated rings. The molecule has 7 aromatic carbocycles. The van der Waals surface area contributed by atoms with Crippen molar-refractivity contribution in [3.63, 3.8) is 0 Å². The summed E-state index contributed by atoms with van der Waals surface area (Å²) in [6.45, 7) is 0. The largest absolute Gasteiger partial charge is 0.309 e. The van der Waals surface area contributed by atoms with Crippen LogP contribution in [0.15, 0.2) is 152 Å². The maximum Gasteiger partial charge on any atom is 0.0992 e. The molecule has 230 valence electrons. The third-order valence-corrected chi connectivity index (χ3v) is 9.56. The van der Waals surface area contributed by atoms with E-state index in [1.807, 2.05) is 78.9 Å². The minimum atomic E-state index is 0.527. The standard InChI is InChI=1S/C45H25N5/c46-26-29-16-18-44(50-42-14-5-1-10-36(42)37-11-2-6-15-43(37)50)39(22-29)34-21-31(28-48)20-33(24-34)32-8-7-9-35(25-32)49-41-13-4-3-12-38(41)40-23-30(27-47)17-19-45(40)49/h1-25H. The van der Waals surface area contributed by atoms with Gasteiger partial charge in [0, 0.05) is 32.8 Å². The molecule has 9 aromatic rings. The fourth-order valence-electron chi connectivity index (χ4n) is 7.37. The van der Waals surface area contributed by atoms with Gasteiger partial charge in [-0.05, 0) is 102 Å². The highest BCUT2D eigenvalue weighted by Crippen LogP contribution is 2.39. The lowest BCUT2D eigenvalue weighted by molar-refractivity contribution is 1.18. The van der Waals surface area contributed by atoms with E-state index < -0.39 is 0 Å². The van der Waals surface area contributed by atoms with E-state index in [2.05, 4.69) is 100 Å². The van der Waals surface area contributed by atoms with Crippen LogP contribution < -0.4 is 0 Å². The number of hydrogen-bond donors (Lipinski definition) is 0. The van der Waals surface area contributed by atoms with Crippen molar-refractivity contribution in [2.45, 2.75) is 0 Å². The van der Waals surface area contributed by atoms with Crippen LogP contribution in [0.4, 0.5) is 0 Å². The van der Waals surface area contributed by atoms with Crippen molar-refractivity contribution in [2.24, 2.45) is 0 Å². The molecule has 0 aliphatic heterocycles. The van der Waals surface area contributed by atoms with Crippen molar-refractivity contribution in [1.29, 1.82) is 15.8 Å². The minimum absolute atomic E-state index is 0.527. The van der Waals surface area contributed by atoms with E-state index in [9.17, 15) is 15.8 Å². The van der Waals surface area contributed by atoms with Crippen LogP contribution in [0.1, 0.15) is 16.7 Å². The van der Waals surface area contributed by atoms with Gasteiger partial charge >= 0.3 is 0 Å². The normalized spacial score (nSPS) is 11.1. The number of aromatic nitrogens is 2. The van der Waals surface area contributed by atoms with Gasteiger partial charge in [-0.25, -0.2) is 0 Å². The molecule has 0 unspecified atom stereocenters. The van der Waals surface area contributed by atoms with Crippen LogP contribution >= 0.6 is 0 Å². The average molecular weight is 636 g/mol. The van der Waals surface area contributed by atoms with Crippen molar-refractivity contribution in [3.05, 3.63) is 168 Å². The average Bonchev–Trinajstić information content (AvgIpc) is 3.70. The second-order valence-corrected chi connectivity index (χ2v) is 12.4. The zero-order chi connectivity index (χ0) is 33.8. The van der Waals surface area contributed by atoms with Gasteiger partial charge in [-0.1, -0.05) is 66.7 Å². The maximum atomic E-state index is 10.3. The first-order chi connectivity index (χ1) is 24.6. The first-order valence-corrected chi connectivity index (χ1v) is 16.3. The van der Waals surface area contributed by atoms with Crippen LogP contribution in [0.5, 0.6) is 0 Å². The molecular weight excluding hydrogens is 611 g/mol. The van der Waals surface area contributed by atoms with Gasteiger partial charge in [0.15, 0.2) is 0 Å². The van der Waals surface area contributed by atoms with Crippen molar-refractivity contribution in [3.8, 4) is 51.8 Å². The molecular formula is C45H25N5. The Morgan fingerprint density at radius 3 is 1.60 bits per heavy atom. The Hall–Kier alpha value is -7.39. The second kappa shape index (κ2) is 11.4. The third-order valence-electron chi connectivity index (χ3n) is 9.56. The first-order valence-electron chi connectivity index (χ1n) is 16.3. The van der Waals surface area contributed by atoms with E-state index in [4.69, 9.17) is 0 Å².